The number of aryl methyl sites for hydroxylation is 2. The van der Waals surface area contributed by atoms with E-state index < -0.39 is 17.9 Å². The number of carbonyl (C=O) groups excluding carboxylic acids is 2. The zero-order chi connectivity index (χ0) is 17.3. The van der Waals surface area contributed by atoms with Gasteiger partial charge in [-0.1, -0.05) is 13.8 Å². The molecule has 0 aliphatic rings. The number of methoxy groups -OCH3 is 1. The van der Waals surface area contributed by atoms with Crippen molar-refractivity contribution in [1.29, 1.82) is 0 Å². The molecule has 124 valence electrons. The number of fused-ring (bicyclic) bond motifs is 1. The van der Waals surface area contributed by atoms with Crippen LogP contribution in [0, 0.1) is 19.8 Å². The van der Waals surface area contributed by atoms with Crippen molar-refractivity contribution in [1.82, 2.24) is 9.97 Å². The van der Waals surface area contributed by atoms with Crippen LogP contribution in [0.25, 0.3) is 10.2 Å². The van der Waals surface area contributed by atoms with Crippen molar-refractivity contribution in [2.75, 3.05) is 12.4 Å². The number of rotatable bonds is 5. The molecule has 0 aromatic carbocycles. The number of hydrogen-bond acceptors (Lipinski definition) is 7. The van der Waals surface area contributed by atoms with Gasteiger partial charge in [-0.15, -0.1) is 11.3 Å². The maximum atomic E-state index is 11.9. The minimum Gasteiger partial charge on any atom is -0.465 e. The van der Waals surface area contributed by atoms with E-state index in [4.69, 9.17) is 10.5 Å². The van der Waals surface area contributed by atoms with Gasteiger partial charge in [0.15, 0.2) is 0 Å². The molecule has 0 aliphatic heterocycles. The number of anilines is 1. The number of esters is 1. The summed E-state index contributed by atoms with van der Waals surface area (Å²) >= 11 is 1.25. The standard InChI is InChI=1S/C15H20N4O3S/c1-6(2)10(12(16)20)19-13-9-7(3)11(15(21)22-5)23-14(9)18-8(4)17-13/h6,10H,1-5H3,(H2,16,20)(H,17,18,19). The molecule has 0 bridgehead atoms. The Morgan fingerprint density at radius 2 is 1.91 bits per heavy atom. The zero-order valence-electron chi connectivity index (χ0n) is 13.8. The molecule has 3 N–H and O–H groups in total. The van der Waals surface area contributed by atoms with Crippen LogP contribution in [0.4, 0.5) is 5.82 Å². The van der Waals surface area contributed by atoms with E-state index in [9.17, 15) is 9.59 Å². The van der Waals surface area contributed by atoms with Crippen molar-refractivity contribution < 1.29 is 14.3 Å². The third kappa shape index (κ3) is 3.26. The fourth-order valence-corrected chi connectivity index (χ4v) is 3.50. The molecule has 0 radical (unpaired) electrons. The third-order valence-corrected chi connectivity index (χ3v) is 4.70. The summed E-state index contributed by atoms with van der Waals surface area (Å²) in [4.78, 5) is 33.5. The molecule has 0 saturated carbocycles. The highest BCUT2D eigenvalue weighted by atomic mass is 32.1. The Labute approximate surface area is 138 Å². The fourth-order valence-electron chi connectivity index (χ4n) is 2.35. The van der Waals surface area contributed by atoms with Crippen molar-refractivity contribution in [3.05, 3.63) is 16.3 Å². The van der Waals surface area contributed by atoms with Gasteiger partial charge < -0.3 is 15.8 Å². The van der Waals surface area contributed by atoms with Gasteiger partial charge in [-0.05, 0) is 25.3 Å². The summed E-state index contributed by atoms with van der Waals surface area (Å²) in [5.74, 6) is 0.185. The van der Waals surface area contributed by atoms with Gasteiger partial charge in [0.2, 0.25) is 5.91 Å². The molecule has 0 fully saturated rings. The molecule has 2 aromatic rings. The molecule has 7 nitrogen and oxygen atoms in total. The van der Waals surface area contributed by atoms with Crippen molar-refractivity contribution in [3.8, 4) is 0 Å². The molecule has 2 rings (SSSR count). The Morgan fingerprint density at radius 3 is 2.43 bits per heavy atom. The van der Waals surface area contributed by atoms with Crippen molar-refractivity contribution >= 4 is 39.2 Å². The molecule has 2 heterocycles. The highest BCUT2D eigenvalue weighted by Gasteiger charge is 2.24. The molecule has 0 saturated heterocycles. The number of hydrogen-bond donors (Lipinski definition) is 2. The largest absolute Gasteiger partial charge is 0.465 e. The number of carbonyl (C=O) groups is 2. The van der Waals surface area contributed by atoms with Gasteiger partial charge in [-0.3, -0.25) is 4.79 Å². The average molecular weight is 336 g/mol. The van der Waals surface area contributed by atoms with Crippen LogP contribution in [0.3, 0.4) is 0 Å². The second-order valence-corrected chi connectivity index (χ2v) is 6.61. The summed E-state index contributed by atoms with van der Waals surface area (Å²) in [5.41, 5.74) is 6.19. The van der Waals surface area contributed by atoms with E-state index in [-0.39, 0.29) is 5.92 Å². The minimum atomic E-state index is -0.562. The van der Waals surface area contributed by atoms with Crippen molar-refractivity contribution in [3.63, 3.8) is 0 Å². The van der Waals surface area contributed by atoms with E-state index in [1.807, 2.05) is 20.8 Å². The summed E-state index contributed by atoms with van der Waals surface area (Å²) in [7, 11) is 1.34. The zero-order valence-corrected chi connectivity index (χ0v) is 14.6. The SMILES string of the molecule is COC(=O)c1sc2nc(C)nc(NC(C(N)=O)C(C)C)c2c1C. The second kappa shape index (κ2) is 6.49. The predicted octanol–water partition coefficient (Wildman–Crippen LogP) is 2.02. The van der Waals surface area contributed by atoms with E-state index in [1.165, 1.54) is 18.4 Å². The van der Waals surface area contributed by atoms with E-state index >= 15 is 0 Å². The number of ether oxygens (including phenoxy) is 1. The van der Waals surface area contributed by atoms with Crippen LogP contribution in [0.2, 0.25) is 0 Å². The minimum absolute atomic E-state index is 0.00293. The molecule has 1 unspecified atom stereocenters. The molecule has 0 aliphatic carbocycles. The smallest absolute Gasteiger partial charge is 0.348 e. The van der Waals surface area contributed by atoms with Gasteiger partial charge in [-0.25, -0.2) is 14.8 Å². The van der Waals surface area contributed by atoms with Crippen LogP contribution in [0.15, 0.2) is 0 Å². The lowest BCUT2D eigenvalue weighted by Crippen LogP contribution is -2.39. The van der Waals surface area contributed by atoms with Gasteiger partial charge in [0.05, 0.1) is 12.5 Å². The second-order valence-electron chi connectivity index (χ2n) is 5.62. The summed E-state index contributed by atoms with van der Waals surface area (Å²) in [6, 6.07) is -0.562. The number of aromatic nitrogens is 2. The van der Waals surface area contributed by atoms with Gasteiger partial charge >= 0.3 is 5.97 Å². The summed E-state index contributed by atoms with van der Waals surface area (Å²) < 4.78 is 4.80. The topological polar surface area (TPSA) is 107 Å². The molecule has 23 heavy (non-hydrogen) atoms. The molecule has 8 heteroatoms. The molecular weight excluding hydrogens is 316 g/mol. The highest BCUT2D eigenvalue weighted by Crippen LogP contribution is 2.34. The van der Waals surface area contributed by atoms with Crippen LogP contribution in [-0.4, -0.2) is 35.0 Å². The number of nitrogens with two attached hydrogens (primary N) is 1. The normalized spacial score (nSPS) is 12.4. The number of primary amides is 1. The monoisotopic (exact) mass is 336 g/mol. The Kier molecular flexibility index (Phi) is 4.84. The Morgan fingerprint density at radius 1 is 1.26 bits per heavy atom. The maximum absolute atomic E-state index is 11.9. The molecule has 0 spiro atoms. The van der Waals surface area contributed by atoms with Gasteiger partial charge in [0, 0.05) is 0 Å². The summed E-state index contributed by atoms with van der Waals surface area (Å²) in [6.45, 7) is 7.36. The number of amides is 1. The number of nitrogens with zero attached hydrogens (tertiary/aromatic N) is 2. The Balaban J connectivity index is 2.61. The van der Waals surface area contributed by atoms with Crippen LogP contribution in [0.1, 0.15) is 34.9 Å². The lowest BCUT2D eigenvalue weighted by Gasteiger charge is -2.20. The summed E-state index contributed by atoms with van der Waals surface area (Å²) in [6.07, 6.45) is 0. The van der Waals surface area contributed by atoms with Gasteiger partial charge in [0.25, 0.3) is 0 Å². The third-order valence-electron chi connectivity index (χ3n) is 3.54. The first-order chi connectivity index (χ1) is 10.8. The molecule has 1 atom stereocenters. The molecule has 1 amide bonds. The quantitative estimate of drug-likeness (QED) is 0.809. The van der Waals surface area contributed by atoms with E-state index in [0.29, 0.717) is 26.7 Å². The Bertz CT molecular complexity index is 770. The molecule has 2 aromatic heterocycles. The van der Waals surface area contributed by atoms with Crippen LogP contribution in [-0.2, 0) is 9.53 Å². The highest BCUT2D eigenvalue weighted by molar-refractivity contribution is 7.20. The first kappa shape index (κ1) is 17.1. The first-order valence-corrected chi connectivity index (χ1v) is 7.99. The average Bonchev–Trinajstić information content (AvgIpc) is 2.79. The predicted molar refractivity (Wildman–Crippen MR) is 89.7 cm³/mol. The van der Waals surface area contributed by atoms with E-state index in [0.717, 1.165) is 5.56 Å². The van der Waals surface area contributed by atoms with E-state index in [2.05, 4.69) is 15.3 Å². The number of nitrogens with one attached hydrogen (secondary N) is 1. The van der Waals surface area contributed by atoms with Crippen LogP contribution in [0.5, 0.6) is 0 Å². The van der Waals surface area contributed by atoms with Crippen molar-refractivity contribution in [2.45, 2.75) is 33.7 Å². The van der Waals surface area contributed by atoms with E-state index in [1.54, 1.807) is 6.92 Å². The van der Waals surface area contributed by atoms with Crippen molar-refractivity contribution in [2.24, 2.45) is 11.7 Å². The number of thiophene rings is 1. The molecular formula is C15H20N4O3S. The lowest BCUT2D eigenvalue weighted by molar-refractivity contribution is -0.119. The lowest BCUT2D eigenvalue weighted by atomic mass is 10.0. The summed E-state index contributed by atoms with van der Waals surface area (Å²) in [5, 5.41) is 3.82. The Hall–Kier alpha value is -2.22. The van der Waals surface area contributed by atoms with Crippen LogP contribution >= 0.6 is 11.3 Å². The fraction of sp³-hybridized carbons (Fsp3) is 0.467. The maximum Gasteiger partial charge on any atom is 0.348 e. The van der Waals surface area contributed by atoms with Gasteiger partial charge in [-0.2, -0.15) is 0 Å². The van der Waals surface area contributed by atoms with Gasteiger partial charge in [0.1, 0.15) is 27.4 Å². The van der Waals surface area contributed by atoms with Crippen LogP contribution < -0.4 is 11.1 Å². The first-order valence-electron chi connectivity index (χ1n) is 7.18.